The number of fused-ring (bicyclic) bond motifs is 1. The van der Waals surface area contributed by atoms with E-state index in [1.807, 2.05) is 6.26 Å². The Bertz CT molecular complexity index is 901. The van der Waals surface area contributed by atoms with Gasteiger partial charge in [0.15, 0.2) is 10.8 Å². The van der Waals surface area contributed by atoms with Crippen molar-refractivity contribution in [2.75, 3.05) is 44.9 Å². The number of thioether (sulfide) groups is 1. The molecule has 0 unspecified atom stereocenters. The molecule has 0 saturated carbocycles. The molecule has 0 radical (unpaired) electrons. The van der Waals surface area contributed by atoms with Gasteiger partial charge in [-0.15, -0.1) is 0 Å². The maximum Gasteiger partial charge on any atom is 0.240 e. The molecule has 0 aromatic carbocycles. The van der Waals surface area contributed by atoms with Crippen molar-refractivity contribution in [3.63, 3.8) is 0 Å². The summed E-state index contributed by atoms with van der Waals surface area (Å²) in [7, 11) is 1.63. The number of aromatic nitrogens is 4. The van der Waals surface area contributed by atoms with Crippen LogP contribution in [0.5, 0.6) is 0 Å². The van der Waals surface area contributed by atoms with Crippen LogP contribution in [0.15, 0.2) is 11.4 Å². The second kappa shape index (κ2) is 9.65. The fourth-order valence-electron chi connectivity index (χ4n) is 2.90. The quantitative estimate of drug-likeness (QED) is 0.233. The molecular formula is C17H23N7O4S. The van der Waals surface area contributed by atoms with E-state index in [1.54, 1.807) is 18.0 Å². The number of nitrogens with one attached hydrogen (secondary N) is 2. The molecule has 3 rings (SSSR count). The number of anilines is 1. The van der Waals surface area contributed by atoms with Gasteiger partial charge in [0.2, 0.25) is 17.7 Å². The lowest BCUT2D eigenvalue weighted by molar-refractivity contribution is -0.142. The Morgan fingerprint density at radius 3 is 2.69 bits per heavy atom. The lowest BCUT2D eigenvalue weighted by Crippen LogP contribution is -2.40. The molecular weight excluding hydrogens is 398 g/mol. The summed E-state index contributed by atoms with van der Waals surface area (Å²) in [5.41, 5.74) is 0.656. The van der Waals surface area contributed by atoms with E-state index in [9.17, 15) is 14.4 Å². The Kier molecular flexibility index (Phi) is 6.99. The van der Waals surface area contributed by atoms with Crippen LogP contribution in [-0.4, -0.2) is 82.0 Å². The Morgan fingerprint density at radius 2 is 2.00 bits per heavy atom. The summed E-state index contributed by atoms with van der Waals surface area (Å²) in [6.45, 7) is 1.58. The Morgan fingerprint density at radius 1 is 1.24 bits per heavy atom. The number of rotatable bonds is 10. The van der Waals surface area contributed by atoms with Crippen LogP contribution in [0, 0.1) is 0 Å². The number of carbonyl (C=O) groups excluding carboxylic acids is 3. The molecule has 2 aromatic rings. The lowest BCUT2D eigenvalue weighted by Gasteiger charge is -2.13. The molecule has 156 valence electrons. The number of hydrogen-bond acceptors (Lipinski definition) is 9. The van der Waals surface area contributed by atoms with Gasteiger partial charge in [0.1, 0.15) is 12.4 Å². The monoisotopic (exact) mass is 421 g/mol. The Hall–Kier alpha value is -2.73. The van der Waals surface area contributed by atoms with Crippen molar-refractivity contribution in [3.8, 4) is 0 Å². The van der Waals surface area contributed by atoms with Crippen molar-refractivity contribution in [2.24, 2.45) is 0 Å². The van der Waals surface area contributed by atoms with Crippen LogP contribution < -0.4 is 10.6 Å². The van der Waals surface area contributed by atoms with Crippen molar-refractivity contribution in [2.45, 2.75) is 24.5 Å². The first-order valence-electron chi connectivity index (χ1n) is 9.13. The highest BCUT2D eigenvalue weighted by atomic mass is 32.2. The number of likely N-dealkylation sites (tertiary alicyclic amines) is 1. The SMILES string of the molecule is COCCNc1nc(SC)nc2c1cnn2CCNC(=O)CN1C(=O)CCC1=O. The molecule has 0 spiro atoms. The van der Waals surface area contributed by atoms with E-state index >= 15 is 0 Å². The summed E-state index contributed by atoms with van der Waals surface area (Å²) < 4.78 is 6.74. The van der Waals surface area contributed by atoms with Gasteiger partial charge in [-0.2, -0.15) is 5.10 Å². The first-order chi connectivity index (χ1) is 14.0. The Labute approximate surface area is 171 Å². The van der Waals surface area contributed by atoms with Crippen molar-refractivity contribution >= 4 is 46.3 Å². The molecule has 11 nitrogen and oxygen atoms in total. The van der Waals surface area contributed by atoms with E-state index in [-0.39, 0.29) is 43.7 Å². The van der Waals surface area contributed by atoms with Gasteiger partial charge in [0.05, 0.1) is 24.7 Å². The Balaban J connectivity index is 1.62. The number of methoxy groups -OCH3 is 1. The zero-order valence-electron chi connectivity index (χ0n) is 16.3. The first kappa shape index (κ1) is 21.0. The van der Waals surface area contributed by atoms with E-state index in [1.165, 1.54) is 11.8 Å². The third-order valence-electron chi connectivity index (χ3n) is 4.36. The number of imide groups is 1. The molecule has 0 aliphatic carbocycles. The molecule has 1 aliphatic heterocycles. The number of ether oxygens (including phenoxy) is 1. The second-order valence-electron chi connectivity index (χ2n) is 6.31. The van der Waals surface area contributed by atoms with Gasteiger partial charge in [-0.1, -0.05) is 11.8 Å². The van der Waals surface area contributed by atoms with Gasteiger partial charge in [0.25, 0.3) is 0 Å². The van der Waals surface area contributed by atoms with E-state index in [0.717, 1.165) is 10.3 Å². The smallest absolute Gasteiger partial charge is 0.240 e. The van der Waals surface area contributed by atoms with Crippen molar-refractivity contribution in [3.05, 3.63) is 6.20 Å². The molecule has 0 bridgehead atoms. The van der Waals surface area contributed by atoms with Crippen LogP contribution in [0.1, 0.15) is 12.8 Å². The zero-order valence-corrected chi connectivity index (χ0v) is 17.1. The van der Waals surface area contributed by atoms with Crippen LogP contribution >= 0.6 is 11.8 Å². The standard InChI is InChI=1S/C17H23N7O4S/c1-28-8-6-19-15-11-9-20-24(16(11)22-17(21-15)29-2)7-5-18-12(25)10-23-13(26)3-4-14(23)27/h9H,3-8,10H2,1-2H3,(H,18,25)(H,19,21,22). The van der Waals surface area contributed by atoms with E-state index in [4.69, 9.17) is 4.74 Å². The number of amides is 3. The van der Waals surface area contributed by atoms with Gasteiger partial charge in [0, 0.05) is 33.0 Å². The third-order valence-corrected chi connectivity index (χ3v) is 4.91. The maximum absolute atomic E-state index is 12.0. The van der Waals surface area contributed by atoms with Gasteiger partial charge < -0.3 is 15.4 Å². The molecule has 3 heterocycles. The van der Waals surface area contributed by atoms with Crippen LogP contribution in [0.25, 0.3) is 11.0 Å². The fraction of sp³-hybridized carbons (Fsp3) is 0.529. The highest BCUT2D eigenvalue weighted by Gasteiger charge is 2.30. The van der Waals surface area contributed by atoms with Crippen molar-refractivity contribution in [1.82, 2.24) is 30.0 Å². The molecule has 1 aliphatic rings. The van der Waals surface area contributed by atoms with Crippen molar-refractivity contribution < 1.29 is 19.1 Å². The lowest BCUT2D eigenvalue weighted by atomic mass is 10.4. The minimum atomic E-state index is -0.383. The molecule has 3 amide bonds. The van der Waals surface area contributed by atoms with Gasteiger partial charge in [-0.05, 0) is 6.26 Å². The third kappa shape index (κ3) is 5.01. The normalized spacial score (nSPS) is 14.1. The average molecular weight is 421 g/mol. The summed E-state index contributed by atoms with van der Waals surface area (Å²) in [5.74, 6) is -0.319. The van der Waals surface area contributed by atoms with E-state index in [0.29, 0.717) is 36.3 Å². The predicted molar refractivity (Wildman–Crippen MR) is 106 cm³/mol. The molecule has 1 fully saturated rings. The van der Waals surface area contributed by atoms with Crippen molar-refractivity contribution in [1.29, 1.82) is 0 Å². The fourth-order valence-corrected chi connectivity index (χ4v) is 3.26. The summed E-state index contributed by atoms with van der Waals surface area (Å²) in [6.07, 6.45) is 3.91. The number of nitrogens with zero attached hydrogens (tertiary/aromatic N) is 5. The minimum absolute atomic E-state index is 0.170. The highest BCUT2D eigenvalue weighted by Crippen LogP contribution is 2.23. The molecule has 0 atom stereocenters. The van der Waals surface area contributed by atoms with E-state index in [2.05, 4.69) is 25.7 Å². The molecule has 29 heavy (non-hydrogen) atoms. The van der Waals surface area contributed by atoms with Crippen LogP contribution in [-0.2, 0) is 25.7 Å². The molecule has 12 heteroatoms. The van der Waals surface area contributed by atoms with Crippen LogP contribution in [0.3, 0.4) is 0 Å². The number of hydrogen-bond donors (Lipinski definition) is 2. The molecule has 2 N–H and O–H groups in total. The topological polar surface area (TPSA) is 131 Å². The summed E-state index contributed by atoms with van der Waals surface area (Å²) in [6, 6.07) is 0. The van der Waals surface area contributed by atoms with Gasteiger partial charge >= 0.3 is 0 Å². The zero-order chi connectivity index (χ0) is 20.8. The summed E-state index contributed by atoms with van der Waals surface area (Å²) in [4.78, 5) is 45.2. The highest BCUT2D eigenvalue weighted by molar-refractivity contribution is 7.98. The summed E-state index contributed by atoms with van der Waals surface area (Å²) in [5, 5.41) is 11.7. The number of carbonyl (C=O) groups is 3. The predicted octanol–water partition coefficient (Wildman–Crippen LogP) is -0.128. The summed E-state index contributed by atoms with van der Waals surface area (Å²) >= 11 is 1.42. The first-order valence-corrected chi connectivity index (χ1v) is 10.4. The van der Waals surface area contributed by atoms with Crippen LogP contribution in [0.2, 0.25) is 0 Å². The molecule has 2 aromatic heterocycles. The minimum Gasteiger partial charge on any atom is -0.383 e. The molecule has 1 saturated heterocycles. The van der Waals surface area contributed by atoms with Crippen LogP contribution in [0.4, 0.5) is 5.82 Å². The average Bonchev–Trinajstić information content (AvgIpc) is 3.26. The van der Waals surface area contributed by atoms with E-state index < -0.39 is 0 Å². The maximum atomic E-state index is 12.0. The second-order valence-corrected chi connectivity index (χ2v) is 7.08. The van der Waals surface area contributed by atoms with Gasteiger partial charge in [-0.25, -0.2) is 14.6 Å². The largest absolute Gasteiger partial charge is 0.383 e. The van der Waals surface area contributed by atoms with Gasteiger partial charge in [-0.3, -0.25) is 19.3 Å².